The van der Waals surface area contributed by atoms with Gasteiger partial charge in [-0.15, -0.1) is 0 Å². The Morgan fingerprint density at radius 2 is 1.62 bits per heavy atom. The molecular weight excluding hydrogens is 322 g/mol. The molecule has 4 nitrogen and oxygen atoms in total. The number of nitrogens with zero attached hydrogens (tertiary/aromatic N) is 3. The number of aromatic nitrogens is 2. The van der Waals surface area contributed by atoms with Gasteiger partial charge in [-0.25, -0.2) is 4.68 Å². The number of benzene rings is 2. The summed E-state index contributed by atoms with van der Waals surface area (Å²) in [5.41, 5.74) is 3.36. The molecule has 3 aromatic rings. The highest BCUT2D eigenvalue weighted by atomic mass is 16.2. The standard InChI is InChI=1S/C22H23N3O/c26-22(15-18-16-23-25(17-18)21-9-5-2-6-10-21)24-13-11-20(12-14-24)19-7-3-1-4-8-19/h1-10,16-17,20H,11-15H2. The number of hydrogen-bond donors (Lipinski definition) is 0. The minimum atomic E-state index is 0.198. The van der Waals surface area contributed by atoms with Crippen LogP contribution in [-0.4, -0.2) is 33.7 Å². The average molecular weight is 345 g/mol. The molecular formula is C22H23N3O. The fourth-order valence-corrected chi connectivity index (χ4v) is 3.65. The van der Waals surface area contributed by atoms with E-state index in [-0.39, 0.29) is 5.91 Å². The van der Waals surface area contributed by atoms with Crippen LogP contribution in [0.15, 0.2) is 73.1 Å². The van der Waals surface area contributed by atoms with Gasteiger partial charge in [-0.3, -0.25) is 4.79 Å². The van der Waals surface area contributed by atoms with E-state index in [1.807, 2.05) is 46.1 Å². The third-order valence-electron chi connectivity index (χ3n) is 5.13. The van der Waals surface area contributed by atoms with Crippen molar-refractivity contribution in [1.29, 1.82) is 0 Å². The van der Waals surface area contributed by atoms with E-state index >= 15 is 0 Å². The van der Waals surface area contributed by atoms with Crippen molar-refractivity contribution in [2.24, 2.45) is 0 Å². The first kappa shape index (κ1) is 16.6. The third-order valence-corrected chi connectivity index (χ3v) is 5.13. The van der Waals surface area contributed by atoms with Crippen molar-refractivity contribution in [3.05, 3.63) is 84.2 Å². The van der Waals surface area contributed by atoms with Crippen LogP contribution in [0.1, 0.15) is 29.9 Å². The molecule has 0 radical (unpaired) electrons. The molecule has 0 unspecified atom stereocenters. The largest absolute Gasteiger partial charge is 0.342 e. The van der Waals surface area contributed by atoms with Crippen molar-refractivity contribution in [3.63, 3.8) is 0 Å². The van der Waals surface area contributed by atoms with Gasteiger partial charge in [-0.2, -0.15) is 5.10 Å². The molecule has 1 amide bonds. The molecule has 1 saturated heterocycles. The maximum Gasteiger partial charge on any atom is 0.227 e. The smallest absolute Gasteiger partial charge is 0.227 e. The van der Waals surface area contributed by atoms with Gasteiger partial charge in [0, 0.05) is 19.3 Å². The number of hydrogen-bond acceptors (Lipinski definition) is 2. The maximum atomic E-state index is 12.6. The molecule has 1 aliphatic rings. The van der Waals surface area contributed by atoms with Crippen molar-refractivity contribution in [3.8, 4) is 5.69 Å². The summed E-state index contributed by atoms with van der Waals surface area (Å²) in [6, 6.07) is 20.6. The summed E-state index contributed by atoms with van der Waals surface area (Å²) >= 11 is 0. The van der Waals surface area contributed by atoms with Crippen molar-refractivity contribution >= 4 is 5.91 Å². The normalized spacial score (nSPS) is 15.2. The van der Waals surface area contributed by atoms with Crippen molar-refractivity contribution in [2.45, 2.75) is 25.2 Å². The zero-order chi connectivity index (χ0) is 17.8. The first-order valence-electron chi connectivity index (χ1n) is 9.21. The van der Waals surface area contributed by atoms with Gasteiger partial charge in [0.2, 0.25) is 5.91 Å². The van der Waals surface area contributed by atoms with Gasteiger partial charge in [-0.05, 0) is 42.0 Å². The Bertz CT molecular complexity index is 849. The van der Waals surface area contributed by atoms with Crippen molar-refractivity contribution in [1.82, 2.24) is 14.7 Å². The molecule has 0 atom stereocenters. The monoisotopic (exact) mass is 345 g/mol. The molecule has 0 aliphatic carbocycles. The highest BCUT2D eigenvalue weighted by molar-refractivity contribution is 5.78. The Kier molecular flexibility index (Phi) is 4.82. The van der Waals surface area contributed by atoms with Crippen LogP contribution in [0.4, 0.5) is 0 Å². The molecule has 26 heavy (non-hydrogen) atoms. The Labute approximate surface area is 154 Å². The van der Waals surface area contributed by atoms with Gasteiger partial charge in [0.15, 0.2) is 0 Å². The van der Waals surface area contributed by atoms with Crippen molar-refractivity contribution < 1.29 is 4.79 Å². The lowest BCUT2D eigenvalue weighted by Gasteiger charge is -2.32. The van der Waals surface area contributed by atoms with Crippen LogP contribution in [-0.2, 0) is 11.2 Å². The fraction of sp³-hybridized carbons (Fsp3) is 0.273. The van der Waals surface area contributed by atoms with E-state index in [9.17, 15) is 4.79 Å². The van der Waals surface area contributed by atoms with Crippen LogP contribution in [0.2, 0.25) is 0 Å². The topological polar surface area (TPSA) is 38.1 Å². The quantitative estimate of drug-likeness (QED) is 0.721. The highest BCUT2D eigenvalue weighted by Gasteiger charge is 2.23. The number of amides is 1. The second-order valence-corrected chi connectivity index (χ2v) is 6.87. The molecule has 1 aliphatic heterocycles. The third kappa shape index (κ3) is 3.69. The van der Waals surface area contributed by atoms with Gasteiger partial charge >= 0.3 is 0 Å². The summed E-state index contributed by atoms with van der Waals surface area (Å²) in [6.45, 7) is 1.68. The second kappa shape index (κ2) is 7.56. The van der Waals surface area contributed by atoms with E-state index in [1.165, 1.54) is 5.56 Å². The Morgan fingerprint density at radius 1 is 0.962 bits per heavy atom. The molecule has 1 fully saturated rings. The van der Waals surface area contributed by atoms with E-state index < -0.39 is 0 Å². The van der Waals surface area contributed by atoms with Crippen molar-refractivity contribution in [2.75, 3.05) is 13.1 Å². The summed E-state index contributed by atoms with van der Waals surface area (Å²) < 4.78 is 1.82. The predicted octanol–water partition coefficient (Wildman–Crippen LogP) is 3.82. The molecule has 0 N–H and O–H groups in total. The average Bonchev–Trinajstić information content (AvgIpc) is 3.18. The Balaban J connectivity index is 1.34. The zero-order valence-electron chi connectivity index (χ0n) is 14.8. The number of rotatable bonds is 4. The summed E-state index contributed by atoms with van der Waals surface area (Å²) in [7, 11) is 0. The molecule has 4 heteroatoms. The van der Waals surface area contributed by atoms with Gasteiger partial charge < -0.3 is 4.90 Å². The first-order valence-corrected chi connectivity index (χ1v) is 9.21. The molecule has 2 heterocycles. The lowest BCUT2D eigenvalue weighted by molar-refractivity contribution is -0.131. The van der Waals surface area contributed by atoms with E-state index in [4.69, 9.17) is 0 Å². The van der Waals surface area contributed by atoms with Crippen LogP contribution in [0.25, 0.3) is 5.69 Å². The molecule has 0 bridgehead atoms. The number of para-hydroxylation sites is 1. The number of carbonyl (C=O) groups excluding carboxylic acids is 1. The molecule has 2 aromatic carbocycles. The zero-order valence-corrected chi connectivity index (χ0v) is 14.8. The van der Waals surface area contributed by atoms with Crippen LogP contribution >= 0.6 is 0 Å². The van der Waals surface area contributed by atoms with E-state index in [0.717, 1.165) is 37.2 Å². The predicted molar refractivity (Wildman–Crippen MR) is 102 cm³/mol. The van der Waals surface area contributed by atoms with Gasteiger partial charge in [0.25, 0.3) is 0 Å². The fourth-order valence-electron chi connectivity index (χ4n) is 3.65. The van der Waals surface area contributed by atoms with Crippen LogP contribution in [0.3, 0.4) is 0 Å². The maximum absolute atomic E-state index is 12.6. The number of piperidine rings is 1. The number of likely N-dealkylation sites (tertiary alicyclic amines) is 1. The van der Waals surface area contributed by atoms with Gasteiger partial charge in [0.1, 0.15) is 0 Å². The molecule has 4 rings (SSSR count). The Morgan fingerprint density at radius 3 is 2.31 bits per heavy atom. The summed E-state index contributed by atoms with van der Waals surface area (Å²) in [5, 5.41) is 4.38. The molecule has 0 spiro atoms. The summed E-state index contributed by atoms with van der Waals surface area (Å²) in [5.74, 6) is 0.769. The van der Waals surface area contributed by atoms with Crippen LogP contribution < -0.4 is 0 Å². The van der Waals surface area contributed by atoms with Gasteiger partial charge in [-0.1, -0.05) is 48.5 Å². The van der Waals surface area contributed by atoms with E-state index in [2.05, 4.69) is 35.4 Å². The highest BCUT2D eigenvalue weighted by Crippen LogP contribution is 2.28. The first-order chi connectivity index (χ1) is 12.8. The Hall–Kier alpha value is -2.88. The van der Waals surface area contributed by atoms with Gasteiger partial charge in [0.05, 0.1) is 18.3 Å². The van der Waals surface area contributed by atoms with Crippen LogP contribution in [0, 0.1) is 0 Å². The van der Waals surface area contributed by atoms with E-state index in [1.54, 1.807) is 6.20 Å². The number of carbonyl (C=O) groups is 1. The minimum absolute atomic E-state index is 0.198. The lowest BCUT2D eigenvalue weighted by atomic mass is 9.89. The molecule has 1 aromatic heterocycles. The van der Waals surface area contributed by atoms with E-state index in [0.29, 0.717) is 12.3 Å². The molecule has 0 saturated carbocycles. The minimum Gasteiger partial charge on any atom is -0.342 e. The lowest BCUT2D eigenvalue weighted by Crippen LogP contribution is -2.38. The summed E-state index contributed by atoms with van der Waals surface area (Å²) in [6.07, 6.45) is 6.24. The summed E-state index contributed by atoms with van der Waals surface area (Å²) in [4.78, 5) is 14.6. The molecule has 132 valence electrons. The SMILES string of the molecule is O=C(Cc1cnn(-c2ccccc2)c1)N1CCC(c2ccccc2)CC1. The second-order valence-electron chi connectivity index (χ2n) is 6.87. The van der Waals surface area contributed by atoms with Crippen LogP contribution in [0.5, 0.6) is 0 Å².